The molecule has 7 heteroatoms. The number of carbonyl (C=O) groups is 1. The van der Waals surface area contributed by atoms with E-state index in [1.165, 1.54) is 0 Å². The number of rotatable bonds is 6. The van der Waals surface area contributed by atoms with Crippen molar-refractivity contribution in [3.63, 3.8) is 0 Å². The fourth-order valence-electron chi connectivity index (χ4n) is 4.24. The van der Waals surface area contributed by atoms with Gasteiger partial charge in [-0.3, -0.25) is 0 Å². The number of aromatic nitrogens is 2. The zero-order valence-electron chi connectivity index (χ0n) is 20.0. The van der Waals surface area contributed by atoms with Crippen LogP contribution >= 0.6 is 0 Å². The third kappa shape index (κ3) is 4.51. The zero-order valence-corrected chi connectivity index (χ0v) is 20.0. The van der Waals surface area contributed by atoms with Crippen molar-refractivity contribution in [2.24, 2.45) is 0 Å². The fourth-order valence-corrected chi connectivity index (χ4v) is 4.24. The van der Waals surface area contributed by atoms with Gasteiger partial charge in [0, 0.05) is 45.1 Å². The minimum atomic E-state index is -0.336. The summed E-state index contributed by atoms with van der Waals surface area (Å²) in [4.78, 5) is 19.5. The van der Waals surface area contributed by atoms with Crippen LogP contribution < -0.4 is 10.2 Å². The minimum Gasteiger partial charge on any atom is -0.459 e. The van der Waals surface area contributed by atoms with E-state index in [2.05, 4.69) is 27.3 Å². The Kier molecular flexibility index (Phi) is 6.54. The van der Waals surface area contributed by atoms with E-state index in [9.17, 15) is 4.79 Å². The predicted molar refractivity (Wildman–Crippen MR) is 132 cm³/mol. The molecule has 1 fully saturated rings. The van der Waals surface area contributed by atoms with Crippen molar-refractivity contribution in [3.05, 3.63) is 60.1 Å². The van der Waals surface area contributed by atoms with Crippen LogP contribution in [0.1, 0.15) is 35.5 Å². The normalized spacial score (nSPS) is 16.2. The molecular formula is C26H32N4O3. The molecule has 1 aliphatic rings. The maximum Gasteiger partial charge on any atom is 0.338 e. The van der Waals surface area contributed by atoms with Crippen LogP contribution in [-0.4, -0.2) is 61.4 Å². The van der Waals surface area contributed by atoms with Gasteiger partial charge in [-0.1, -0.05) is 6.58 Å². The second-order valence-corrected chi connectivity index (χ2v) is 8.86. The van der Waals surface area contributed by atoms with Gasteiger partial charge in [0.1, 0.15) is 5.82 Å². The molecule has 174 valence electrons. The molecule has 1 atom stereocenters. The standard InChI is InChI=1S/C26H32N4O3/c1-16(2)33-26(31)21-14-22-20(19-7-9-28-24(13-19)29(5)6)8-11-30(22)25(17(21)3)18(4)23-15-27-10-12-32-23/h7-9,11,13-14,16,23,27H,4,10,12,15H2,1-3,5-6H3. The average Bonchev–Trinajstić information content (AvgIpc) is 3.22. The molecule has 0 radical (unpaired) electrons. The SMILES string of the molecule is C=C(c1c(C)c(C(=O)OC(C)C)cc2c(-c3ccnc(N(C)C)c3)ccn12)C1CNCCO1. The van der Waals surface area contributed by atoms with E-state index < -0.39 is 0 Å². The first-order valence-electron chi connectivity index (χ1n) is 11.3. The van der Waals surface area contributed by atoms with Crippen LogP contribution in [0.15, 0.2) is 43.2 Å². The van der Waals surface area contributed by atoms with E-state index in [1.807, 2.05) is 64.2 Å². The molecule has 0 aliphatic carbocycles. The van der Waals surface area contributed by atoms with Crippen molar-refractivity contribution in [1.82, 2.24) is 14.7 Å². The summed E-state index contributed by atoms with van der Waals surface area (Å²) in [5.41, 5.74) is 6.04. The van der Waals surface area contributed by atoms with Crippen LogP contribution in [0, 0.1) is 6.92 Å². The Bertz CT molecular complexity index is 1190. The highest BCUT2D eigenvalue weighted by Gasteiger charge is 2.26. The van der Waals surface area contributed by atoms with Crippen LogP contribution in [0.2, 0.25) is 0 Å². The summed E-state index contributed by atoms with van der Waals surface area (Å²) in [5.74, 6) is 0.530. The Morgan fingerprint density at radius 2 is 2.12 bits per heavy atom. The lowest BCUT2D eigenvalue weighted by Crippen LogP contribution is -2.39. The van der Waals surface area contributed by atoms with Crippen LogP contribution in [-0.2, 0) is 9.47 Å². The molecule has 1 unspecified atom stereocenters. The lowest BCUT2D eigenvalue weighted by molar-refractivity contribution is 0.0376. The highest BCUT2D eigenvalue weighted by atomic mass is 16.5. The van der Waals surface area contributed by atoms with Crippen LogP contribution in [0.25, 0.3) is 22.2 Å². The Hall–Kier alpha value is -3.16. The van der Waals surface area contributed by atoms with Crippen molar-refractivity contribution in [2.45, 2.75) is 33.0 Å². The molecule has 0 amide bonds. The summed E-state index contributed by atoms with van der Waals surface area (Å²) in [6.45, 7) is 12.2. The number of fused-ring (bicyclic) bond motifs is 1. The largest absolute Gasteiger partial charge is 0.459 e. The Morgan fingerprint density at radius 3 is 2.79 bits per heavy atom. The maximum atomic E-state index is 13.1. The number of anilines is 1. The van der Waals surface area contributed by atoms with Crippen LogP contribution in [0.4, 0.5) is 5.82 Å². The minimum absolute atomic E-state index is 0.163. The number of ether oxygens (including phenoxy) is 2. The first-order valence-corrected chi connectivity index (χ1v) is 11.3. The van der Waals surface area contributed by atoms with Gasteiger partial charge in [0.15, 0.2) is 0 Å². The van der Waals surface area contributed by atoms with E-state index in [0.29, 0.717) is 18.7 Å². The summed E-state index contributed by atoms with van der Waals surface area (Å²) in [7, 11) is 3.93. The second kappa shape index (κ2) is 9.37. The maximum absolute atomic E-state index is 13.1. The lowest BCUT2D eigenvalue weighted by atomic mass is 9.97. The number of nitrogens with zero attached hydrogens (tertiary/aromatic N) is 3. The summed E-state index contributed by atoms with van der Waals surface area (Å²) in [6.07, 6.45) is 3.46. The Labute approximate surface area is 195 Å². The van der Waals surface area contributed by atoms with E-state index >= 15 is 0 Å². The molecule has 3 aromatic heterocycles. The molecule has 0 saturated carbocycles. The van der Waals surface area contributed by atoms with Crippen molar-refractivity contribution >= 4 is 22.9 Å². The molecule has 7 nitrogen and oxygen atoms in total. The molecule has 0 aromatic carbocycles. The monoisotopic (exact) mass is 448 g/mol. The van der Waals surface area contributed by atoms with Gasteiger partial charge >= 0.3 is 5.97 Å². The van der Waals surface area contributed by atoms with Gasteiger partial charge < -0.3 is 24.1 Å². The van der Waals surface area contributed by atoms with Crippen molar-refractivity contribution in [3.8, 4) is 11.1 Å². The first kappa shape index (κ1) is 23.0. The van der Waals surface area contributed by atoms with Crippen LogP contribution in [0.5, 0.6) is 0 Å². The van der Waals surface area contributed by atoms with Gasteiger partial charge in [0.25, 0.3) is 0 Å². The van der Waals surface area contributed by atoms with Crippen molar-refractivity contribution in [2.75, 3.05) is 38.7 Å². The topological polar surface area (TPSA) is 68.1 Å². The second-order valence-electron chi connectivity index (χ2n) is 8.86. The Balaban J connectivity index is 1.92. The molecule has 0 bridgehead atoms. The average molecular weight is 449 g/mol. The molecule has 1 saturated heterocycles. The number of hydrogen-bond acceptors (Lipinski definition) is 6. The quantitative estimate of drug-likeness (QED) is 0.576. The first-order chi connectivity index (χ1) is 15.8. The fraction of sp³-hybridized carbons (Fsp3) is 0.385. The molecular weight excluding hydrogens is 416 g/mol. The van der Waals surface area contributed by atoms with E-state index in [1.54, 1.807) is 6.20 Å². The van der Waals surface area contributed by atoms with Gasteiger partial charge in [0.2, 0.25) is 0 Å². The summed E-state index contributed by atoms with van der Waals surface area (Å²) < 4.78 is 13.7. The van der Waals surface area contributed by atoms with Gasteiger partial charge in [-0.05, 0) is 61.7 Å². The molecule has 4 heterocycles. The highest BCUT2D eigenvalue weighted by molar-refractivity contribution is 5.97. The smallest absolute Gasteiger partial charge is 0.338 e. The molecule has 4 rings (SSSR count). The molecule has 1 N–H and O–H groups in total. The van der Waals surface area contributed by atoms with E-state index in [0.717, 1.165) is 45.8 Å². The number of pyridine rings is 2. The third-order valence-corrected chi connectivity index (χ3v) is 5.90. The van der Waals surface area contributed by atoms with E-state index in [4.69, 9.17) is 9.47 Å². The van der Waals surface area contributed by atoms with Crippen molar-refractivity contribution < 1.29 is 14.3 Å². The number of carbonyl (C=O) groups excluding carboxylic acids is 1. The third-order valence-electron chi connectivity index (χ3n) is 5.90. The predicted octanol–water partition coefficient (Wildman–Crippen LogP) is 3.94. The summed E-state index contributed by atoms with van der Waals surface area (Å²) in [6, 6.07) is 8.01. The number of morpholine rings is 1. The number of esters is 1. The summed E-state index contributed by atoms with van der Waals surface area (Å²) >= 11 is 0. The van der Waals surface area contributed by atoms with E-state index in [-0.39, 0.29) is 18.2 Å². The zero-order chi connectivity index (χ0) is 23.7. The Morgan fingerprint density at radius 1 is 1.33 bits per heavy atom. The van der Waals surface area contributed by atoms with Crippen LogP contribution in [0.3, 0.4) is 0 Å². The van der Waals surface area contributed by atoms with Gasteiger partial charge in [0.05, 0.1) is 35.6 Å². The van der Waals surface area contributed by atoms with Gasteiger partial charge in [-0.15, -0.1) is 0 Å². The van der Waals surface area contributed by atoms with Gasteiger partial charge in [-0.25, -0.2) is 9.78 Å². The highest BCUT2D eigenvalue weighted by Crippen LogP contribution is 2.34. The molecule has 0 spiro atoms. The lowest BCUT2D eigenvalue weighted by Gasteiger charge is -2.27. The van der Waals surface area contributed by atoms with Gasteiger partial charge in [-0.2, -0.15) is 0 Å². The number of nitrogens with one attached hydrogen (secondary N) is 1. The number of hydrogen-bond donors (Lipinski definition) is 1. The molecule has 3 aromatic rings. The molecule has 33 heavy (non-hydrogen) atoms. The molecule has 1 aliphatic heterocycles. The summed E-state index contributed by atoms with van der Waals surface area (Å²) in [5, 5.41) is 3.37. The van der Waals surface area contributed by atoms with Crippen molar-refractivity contribution in [1.29, 1.82) is 0 Å².